The van der Waals surface area contributed by atoms with E-state index < -0.39 is 0 Å². The Morgan fingerprint density at radius 3 is 2.54 bits per heavy atom. The molecule has 2 aromatic carbocycles. The summed E-state index contributed by atoms with van der Waals surface area (Å²) in [5.41, 5.74) is 1.26. The molecule has 1 aromatic heterocycles. The van der Waals surface area contributed by atoms with Crippen LogP contribution >= 0.6 is 22.9 Å². The van der Waals surface area contributed by atoms with Gasteiger partial charge in [-0.2, -0.15) is 0 Å². The zero-order chi connectivity index (χ0) is 16.5. The molecule has 24 heavy (non-hydrogen) atoms. The largest absolute Gasteiger partial charge is 0.348 e. The topological polar surface area (TPSA) is 29.1 Å². The Hall–Kier alpha value is -1.84. The molecule has 0 radical (unpaired) electrons. The van der Waals surface area contributed by atoms with Gasteiger partial charge in [0.2, 0.25) is 0 Å². The quantitative estimate of drug-likeness (QED) is 0.660. The van der Waals surface area contributed by atoms with E-state index in [-0.39, 0.29) is 11.9 Å². The smallest absolute Gasteiger partial charge is 0.263 e. The fourth-order valence-corrected chi connectivity index (χ4v) is 4.52. The first-order valence-electron chi connectivity index (χ1n) is 8.24. The van der Waals surface area contributed by atoms with Crippen molar-refractivity contribution in [1.29, 1.82) is 0 Å². The number of hydrogen-bond acceptors (Lipinski definition) is 2. The highest BCUT2D eigenvalue weighted by atomic mass is 35.5. The first-order valence-corrected chi connectivity index (χ1v) is 9.43. The Bertz CT molecular complexity index is 870. The summed E-state index contributed by atoms with van der Waals surface area (Å²) in [7, 11) is 0. The van der Waals surface area contributed by atoms with Gasteiger partial charge in [-0.15, -0.1) is 11.3 Å². The Morgan fingerprint density at radius 2 is 1.83 bits per heavy atom. The van der Waals surface area contributed by atoms with Crippen LogP contribution in [0.2, 0.25) is 5.02 Å². The van der Waals surface area contributed by atoms with Gasteiger partial charge in [-0.25, -0.2) is 0 Å². The Balaban J connectivity index is 1.55. The van der Waals surface area contributed by atoms with Crippen molar-refractivity contribution >= 4 is 38.9 Å². The van der Waals surface area contributed by atoms with Gasteiger partial charge in [0.05, 0.1) is 5.02 Å². The minimum atomic E-state index is -0.0472. The molecule has 4 rings (SSSR count). The van der Waals surface area contributed by atoms with Crippen molar-refractivity contribution in [2.24, 2.45) is 5.92 Å². The van der Waals surface area contributed by atoms with Gasteiger partial charge < -0.3 is 5.32 Å². The van der Waals surface area contributed by atoms with Gasteiger partial charge in [-0.05, 0) is 36.8 Å². The second kappa shape index (κ2) is 6.58. The number of hydrogen-bond donors (Lipinski definition) is 1. The van der Waals surface area contributed by atoms with Gasteiger partial charge in [0.15, 0.2) is 0 Å². The summed E-state index contributed by atoms with van der Waals surface area (Å²) in [6.07, 6.45) is 3.26. The van der Waals surface area contributed by atoms with Gasteiger partial charge >= 0.3 is 0 Å². The number of nitrogens with one attached hydrogen (secondary N) is 1. The highest BCUT2D eigenvalue weighted by Gasteiger charge is 2.33. The molecular formula is C20H18ClNOS. The van der Waals surface area contributed by atoms with Crippen LogP contribution in [-0.4, -0.2) is 11.9 Å². The predicted octanol–water partition coefficient (Wildman–Crippen LogP) is 5.31. The summed E-state index contributed by atoms with van der Waals surface area (Å²) >= 11 is 7.91. The monoisotopic (exact) mass is 355 g/mol. The van der Waals surface area contributed by atoms with Crippen molar-refractivity contribution in [3.05, 3.63) is 70.1 Å². The molecule has 122 valence electrons. The molecule has 0 spiro atoms. The zero-order valence-electron chi connectivity index (χ0n) is 13.2. The maximum absolute atomic E-state index is 12.8. The molecule has 1 amide bonds. The number of benzene rings is 2. The molecule has 1 atom stereocenters. The summed E-state index contributed by atoms with van der Waals surface area (Å²) in [6, 6.07) is 18.4. The molecule has 1 aliphatic rings. The number of fused-ring (bicyclic) bond motifs is 1. The SMILES string of the molecule is O=C(NC(Cc1ccccc1)C1CC1)c1sc2ccccc2c1Cl. The minimum Gasteiger partial charge on any atom is -0.348 e. The van der Waals surface area contributed by atoms with Crippen molar-refractivity contribution in [3.8, 4) is 0 Å². The third-order valence-electron chi connectivity index (χ3n) is 4.55. The van der Waals surface area contributed by atoms with Gasteiger partial charge in [0.25, 0.3) is 5.91 Å². The summed E-state index contributed by atoms with van der Waals surface area (Å²) in [4.78, 5) is 13.4. The van der Waals surface area contributed by atoms with Crippen LogP contribution in [0.25, 0.3) is 10.1 Å². The van der Waals surface area contributed by atoms with E-state index in [9.17, 15) is 4.79 Å². The fraction of sp³-hybridized carbons (Fsp3) is 0.250. The Morgan fingerprint density at radius 1 is 1.12 bits per heavy atom. The van der Waals surface area contributed by atoms with Crippen molar-refractivity contribution < 1.29 is 4.79 Å². The van der Waals surface area contributed by atoms with E-state index in [1.54, 1.807) is 0 Å². The number of carbonyl (C=O) groups excluding carboxylic acids is 1. The predicted molar refractivity (Wildman–Crippen MR) is 101 cm³/mol. The molecule has 3 aromatic rings. The van der Waals surface area contributed by atoms with E-state index >= 15 is 0 Å². The number of halogens is 1. The molecule has 0 bridgehead atoms. The van der Waals surface area contributed by atoms with Gasteiger partial charge in [-0.1, -0.05) is 60.1 Å². The molecule has 1 aliphatic carbocycles. The molecule has 1 saturated carbocycles. The van der Waals surface area contributed by atoms with Crippen LogP contribution in [-0.2, 0) is 6.42 Å². The maximum atomic E-state index is 12.8. The van der Waals surface area contributed by atoms with Crippen LogP contribution in [0.1, 0.15) is 28.1 Å². The molecule has 2 nitrogen and oxygen atoms in total. The van der Waals surface area contributed by atoms with E-state index in [4.69, 9.17) is 11.6 Å². The van der Waals surface area contributed by atoms with Crippen LogP contribution < -0.4 is 5.32 Å². The second-order valence-electron chi connectivity index (χ2n) is 6.35. The van der Waals surface area contributed by atoms with E-state index in [0.717, 1.165) is 16.5 Å². The second-order valence-corrected chi connectivity index (χ2v) is 7.78. The molecule has 1 N–H and O–H groups in total. The average Bonchev–Trinajstić information content (AvgIpc) is 3.40. The van der Waals surface area contributed by atoms with Crippen LogP contribution in [0.4, 0.5) is 0 Å². The van der Waals surface area contributed by atoms with Crippen molar-refractivity contribution in [2.75, 3.05) is 0 Å². The van der Waals surface area contributed by atoms with Crippen molar-refractivity contribution in [2.45, 2.75) is 25.3 Å². The highest BCUT2D eigenvalue weighted by molar-refractivity contribution is 7.21. The first-order chi connectivity index (χ1) is 11.7. The summed E-state index contributed by atoms with van der Waals surface area (Å²) in [5, 5.41) is 4.76. The highest BCUT2D eigenvalue weighted by Crippen LogP contribution is 2.37. The van der Waals surface area contributed by atoms with Gasteiger partial charge in [0, 0.05) is 16.1 Å². The van der Waals surface area contributed by atoms with Crippen molar-refractivity contribution in [3.63, 3.8) is 0 Å². The molecule has 1 heterocycles. The lowest BCUT2D eigenvalue weighted by molar-refractivity contribution is 0.0936. The van der Waals surface area contributed by atoms with E-state index in [0.29, 0.717) is 15.8 Å². The average molecular weight is 356 g/mol. The number of carbonyl (C=O) groups is 1. The number of thiophene rings is 1. The molecule has 1 fully saturated rings. The lowest BCUT2D eigenvalue weighted by Crippen LogP contribution is -2.37. The third kappa shape index (κ3) is 3.19. The van der Waals surface area contributed by atoms with Crippen LogP contribution in [0.5, 0.6) is 0 Å². The zero-order valence-corrected chi connectivity index (χ0v) is 14.7. The van der Waals surface area contributed by atoms with E-state index in [1.807, 2.05) is 42.5 Å². The summed E-state index contributed by atoms with van der Waals surface area (Å²) in [6.45, 7) is 0. The molecule has 1 unspecified atom stereocenters. The number of amides is 1. The Labute approximate surface area is 150 Å². The lowest BCUT2D eigenvalue weighted by atomic mass is 10.0. The van der Waals surface area contributed by atoms with Crippen LogP contribution in [0.3, 0.4) is 0 Å². The molecule has 0 saturated heterocycles. The molecular weight excluding hydrogens is 338 g/mol. The first kappa shape index (κ1) is 15.7. The van der Waals surface area contributed by atoms with Crippen molar-refractivity contribution in [1.82, 2.24) is 5.32 Å². The number of rotatable bonds is 5. The maximum Gasteiger partial charge on any atom is 0.263 e. The normalized spacial score (nSPS) is 15.4. The van der Waals surface area contributed by atoms with Gasteiger partial charge in [0.1, 0.15) is 4.88 Å². The summed E-state index contributed by atoms with van der Waals surface area (Å²) in [5.74, 6) is 0.538. The molecule has 0 aliphatic heterocycles. The van der Waals surface area contributed by atoms with Crippen LogP contribution in [0.15, 0.2) is 54.6 Å². The van der Waals surface area contributed by atoms with E-state index in [2.05, 4.69) is 17.4 Å². The minimum absolute atomic E-state index is 0.0472. The fourth-order valence-electron chi connectivity index (χ4n) is 3.10. The standard InChI is InChI=1S/C20H18ClNOS/c21-18-15-8-4-5-9-17(15)24-19(18)20(23)22-16(14-10-11-14)12-13-6-2-1-3-7-13/h1-9,14,16H,10-12H2,(H,22,23). The van der Waals surface area contributed by atoms with Gasteiger partial charge in [-0.3, -0.25) is 4.79 Å². The summed E-state index contributed by atoms with van der Waals surface area (Å²) < 4.78 is 1.05. The Kier molecular flexibility index (Phi) is 4.30. The van der Waals surface area contributed by atoms with E-state index in [1.165, 1.54) is 29.7 Å². The molecule has 4 heteroatoms. The lowest BCUT2D eigenvalue weighted by Gasteiger charge is -2.18. The van der Waals surface area contributed by atoms with Crippen LogP contribution in [0, 0.1) is 5.92 Å². The third-order valence-corrected chi connectivity index (χ3v) is 6.22.